The van der Waals surface area contributed by atoms with Gasteiger partial charge >= 0.3 is 0 Å². The zero-order valence-corrected chi connectivity index (χ0v) is 14.2. The number of halogens is 1. The van der Waals surface area contributed by atoms with Crippen molar-refractivity contribution in [3.05, 3.63) is 59.1 Å². The summed E-state index contributed by atoms with van der Waals surface area (Å²) in [5.41, 5.74) is 0.702. The standard InChI is InChI=1S/C17H20ClN3O2/c1-17(2,11-23-3)21(10-13-7-5-4-6-8-13)16(22)15-14(18)9-19-12-20-15/h4-9,12H,10-11H2,1-3H3. The Morgan fingerprint density at radius 2 is 2.00 bits per heavy atom. The Morgan fingerprint density at radius 3 is 2.61 bits per heavy atom. The number of hydrogen-bond donors (Lipinski definition) is 0. The van der Waals surface area contributed by atoms with E-state index < -0.39 is 5.54 Å². The maximum Gasteiger partial charge on any atom is 0.274 e. The van der Waals surface area contributed by atoms with Gasteiger partial charge in [0.15, 0.2) is 0 Å². The number of ether oxygens (including phenoxy) is 1. The van der Waals surface area contributed by atoms with E-state index in [-0.39, 0.29) is 16.6 Å². The van der Waals surface area contributed by atoms with Crippen LogP contribution in [0.5, 0.6) is 0 Å². The Bertz CT molecular complexity index is 662. The molecule has 0 saturated heterocycles. The summed E-state index contributed by atoms with van der Waals surface area (Å²) in [5, 5.41) is 0.240. The third-order valence-electron chi connectivity index (χ3n) is 3.53. The van der Waals surface area contributed by atoms with E-state index in [1.165, 1.54) is 12.5 Å². The molecule has 0 unspecified atom stereocenters. The van der Waals surface area contributed by atoms with Crippen molar-refractivity contribution in [2.75, 3.05) is 13.7 Å². The zero-order chi connectivity index (χ0) is 16.9. The van der Waals surface area contributed by atoms with Gasteiger partial charge in [-0.1, -0.05) is 41.9 Å². The number of rotatable bonds is 6. The van der Waals surface area contributed by atoms with Gasteiger partial charge < -0.3 is 9.64 Å². The molecule has 1 aromatic heterocycles. The molecule has 0 N–H and O–H groups in total. The molecule has 0 atom stereocenters. The summed E-state index contributed by atoms with van der Waals surface area (Å²) < 4.78 is 5.28. The summed E-state index contributed by atoms with van der Waals surface area (Å²) in [7, 11) is 1.62. The molecule has 0 spiro atoms. The Hall–Kier alpha value is -1.98. The summed E-state index contributed by atoms with van der Waals surface area (Å²) in [6, 6.07) is 9.78. The van der Waals surface area contributed by atoms with Gasteiger partial charge in [-0.25, -0.2) is 9.97 Å². The van der Waals surface area contributed by atoms with E-state index in [1.807, 2.05) is 44.2 Å². The predicted octanol–water partition coefficient (Wildman–Crippen LogP) is 3.20. The third-order valence-corrected chi connectivity index (χ3v) is 3.80. The van der Waals surface area contributed by atoms with Crippen molar-refractivity contribution in [3.63, 3.8) is 0 Å². The monoisotopic (exact) mass is 333 g/mol. The van der Waals surface area contributed by atoms with Crippen LogP contribution in [-0.4, -0.2) is 40.0 Å². The van der Waals surface area contributed by atoms with Crippen molar-refractivity contribution in [1.29, 1.82) is 0 Å². The molecule has 0 aliphatic rings. The van der Waals surface area contributed by atoms with Crippen molar-refractivity contribution in [2.24, 2.45) is 0 Å². The smallest absolute Gasteiger partial charge is 0.274 e. The van der Waals surface area contributed by atoms with Crippen LogP contribution in [0.3, 0.4) is 0 Å². The number of carbonyl (C=O) groups excluding carboxylic acids is 1. The minimum atomic E-state index is -0.518. The molecule has 2 rings (SSSR count). The van der Waals surface area contributed by atoms with Gasteiger partial charge in [-0.2, -0.15) is 0 Å². The zero-order valence-electron chi connectivity index (χ0n) is 13.5. The fourth-order valence-corrected chi connectivity index (χ4v) is 2.54. The minimum absolute atomic E-state index is 0.196. The van der Waals surface area contributed by atoms with E-state index in [0.717, 1.165) is 5.56 Å². The molecule has 0 bridgehead atoms. The van der Waals surface area contributed by atoms with Crippen molar-refractivity contribution >= 4 is 17.5 Å². The molecular formula is C17H20ClN3O2. The van der Waals surface area contributed by atoms with Gasteiger partial charge in [0.25, 0.3) is 5.91 Å². The average molecular weight is 334 g/mol. The quantitative estimate of drug-likeness (QED) is 0.814. The highest BCUT2D eigenvalue weighted by molar-refractivity contribution is 6.33. The largest absolute Gasteiger partial charge is 0.382 e. The van der Waals surface area contributed by atoms with Crippen LogP contribution in [0.15, 0.2) is 42.9 Å². The van der Waals surface area contributed by atoms with Crippen LogP contribution < -0.4 is 0 Å². The maximum atomic E-state index is 13.0. The first kappa shape index (κ1) is 17.4. The van der Waals surface area contributed by atoms with Crippen LogP contribution in [0, 0.1) is 0 Å². The molecule has 0 fully saturated rings. The van der Waals surface area contributed by atoms with Crippen molar-refractivity contribution in [2.45, 2.75) is 25.9 Å². The highest BCUT2D eigenvalue weighted by Gasteiger charge is 2.33. The van der Waals surface area contributed by atoms with E-state index in [2.05, 4.69) is 9.97 Å². The van der Waals surface area contributed by atoms with Gasteiger partial charge in [0.05, 0.1) is 17.2 Å². The summed E-state index contributed by atoms with van der Waals surface area (Å²) in [6.45, 7) is 4.74. The highest BCUT2D eigenvalue weighted by atomic mass is 35.5. The van der Waals surface area contributed by atoms with Crippen LogP contribution in [0.4, 0.5) is 0 Å². The van der Waals surface area contributed by atoms with E-state index in [4.69, 9.17) is 16.3 Å². The Labute approximate surface area is 141 Å². The molecule has 6 heteroatoms. The first-order valence-electron chi connectivity index (χ1n) is 7.26. The maximum absolute atomic E-state index is 13.0. The molecule has 0 radical (unpaired) electrons. The highest BCUT2D eigenvalue weighted by Crippen LogP contribution is 2.23. The lowest BCUT2D eigenvalue weighted by atomic mass is 10.0. The van der Waals surface area contributed by atoms with Gasteiger partial charge in [0.1, 0.15) is 12.0 Å². The van der Waals surface area contributed by atoms with Gasteiger partial charge in [-0.3, -0.25) is 4.79 Å². The summed E-state index contributed by atoms with van der Waals surface area (Å²) in [5.74, 6) is -0.247. The number of carbonyl (C=O) groups is 1. The lowest BCUT2D eigenvalue weighted by Crippen LogP contribution is -2.50. The lowest BCUT2D eigenvalue weighted by Gasteiger charge is -2.38. The summed E-state index contributed by atoms with van der Waals surface area (Å²) in [4.78, 5) is 22.6. The molecule has 1 amide bonds. The molecule has 0 aliphatic heterocycles. The van der Waals surface area contributed by atoms with Gasteiger partial charge in [-0.15, -0.1) is 0 Å². The van der Waals surface area contributed by atoms with E-state index in [0.29, 0.717) is 13.2 Å². The topological polar surface area (TPSA) is 55.3 Å². The predicted molar refractivity (Wildman–Crippen MR) is 89.3 cm³/mol. The van der Waals surface area contributed by atoms with Crippen LogP contribution in [0.2, 0.25) is 5.02 Å². The molecule has 1 aromatic carbocycles. The first-order valence-corrected chi connectivity index (χ1v) is 7.64. The van der Waals surface area contributed by atoms with Crippen molar-refractivity contribution < 1.29 is 9.53 Å². The van der Waals surface area contributed by atoms with Gasteiger partial charge in [0, 0.05) is 19.9 Å². The number of nitrogens with zero attached hydrogens (tertiary/aromatic N) is 3. The Kier molecular flexibility index (Phi) is 5.69. The third kappa shape index (κ3) is 4.27. The number of aromatic nitrogens is 2. The summed E-state index contributed by atoms with van der Waals surface area (Å²) >= 11 is 6.09. The average Bonchev–Trinajstić information content (AvgIpc) is 2.53. The fraction of sp³-hybridized carbons (Fsp3) is 0.353. The van der Waals surface area contributed by atoms with E-state index in [9.17, 15) is 4.79 Å². The molecule has 5 nitrogen and oxygen atoms in total. The summed E-state index contributed by atoms with van der Waals surface area (Å²) in [6.07, 6.45) is 2.74. The molecule has 0 saturated carbocycles. The first-order chi connectivity index (χ1) is 11.0. The lowest BCUT2D eigenvalue weighted by molar-refractivity contribution is 0.0226. The molecule has 23 heavy (non-hydrogen) atoms. The second-order valence-electron chi connectivity index (χ2n) is 5.84. The minimum Gasteiger partial charge on any atom is -0.382 e. The van der Waals surface area contributed by atoms with Gasteiger partial charge in [0.2, 0.25) is 0 Å². The fourth-order valence-electron chi connectivity index (χ4n) is 2.36. The number of hydrogen-bond acceptors (Lipinski definition) is 4. The Balaban J connectivity index is 2.37. The second-order valence-corrected chi connectivity index (χ2v) is 6.25. The SMILES string of the molecule is COCC(C)(C)N(Cc1ccccc1)C(=O)c1ncncc1Cl. The number of amides is 1. The van der Waals surface area contributed by atoms with E-state index in [1.54, 1.807) is 12.0 Å². The van der Waals surface area contributed by atoms with Crippen LogP contribution in [0.1, 0.15) is 29.9 Å². The van der Waals surface area contributed by atoms with Gasteiger partial charge in [-0.05, 0) is 19.4 Å². The van der Waals surface area contributed by atoms with Crippen molar-refractivity contribution in [1.82, 2.24) is 14.9 Å². The molecule has 1 heterocycles. The van der Waals surface area contributed by atoms with Crippen LogP contribution >= 0.6 is 11.6 Å². The normalized spacial score (nSPS) is 11.3. The van der Waals surface area contributed by atoms with Crippen LogP contribution in [-0.2, 0) is 11.3 Å². The van der Waals surface area contributed by atoms with E-state index >= 15 is 0 Å². The Morgan fingerprint density at radius 1 is 1.30 bits per heavy atom. The second kappa shape index (κ2) is 7.53. The molecular weight excluding hydrogens is 314 g/mol. The molecule has 0 aliphatic carbocycles. The van der Waals surface area contributed by atoms with Crippen LogP contribution in [0.25, 0.3) is 0 Å². The number of methoxy groups -OCH3 is 1. The molecule has 122 valence electrons. The molecule has 2 aromatic rings. The van der Waals surface area contributed by atoms with Crippen molar-refractivity contribution in [3.8, 4) is 0 Å². The number of benzene rings is 1.